The largest absolute Gasteiger partial charge is 0.372 e. The van der Waals surface area contributed by atoms with E-state index in [1.165, 1.54) is 25.4 Å². The third-order valence-corrected chi connectivity index (χ3v) is 3.71. The van der Waals surface area contributed by atoms with Gasteiger partial charge in [-0.15, -0.1) is 0 Å². The quantitative estimate of drug-likeness (QED) is 0.888. The van der Waals surface area contributed by atoms with Gasteiger partial charge in [0.15, 0.2) is 0 Å². The Balaban J connectivity index is 2.15. The second-order valence-electron chi connectivity index (χ2n) is 5.22. The fraction of sp³-hybridized carbons (Fsp3) is 0.294. The van der Waals surface area contributed by atoms with Crippen LogP contribution < -0.4 is 5.32 Å². The molecule has 0 aliphatic heterocycles. The predicted octanol–water partition coefficient (Wildman–Crippen LogP) is 3.31. The van der Waals surface area contributed by atoms with Gasteiger partial charge in [-0.1, -0.05) is 30.3 Å². The van der Waals surface area contributed by atoms with Gasteiger partial charge in [0, 0.05) is 13.3 Å². The van der Waals surface area contributed by atoms with Gasteiger partial charge in [-0.25, -0.2) is 8.78 Å². The van der Waals surface area contributed by atoms with Crippen LogP contribution in [0.3, 0.4) is 0 Å². The fourth-order valence-electron chi connectivity index (χ4n) is 2.21. The number of methoxy groups -OCH3 is 1. The Morgan fingerprint density at radius 1 is 1.26 bits per heavy atom. The highest BCUT2D eigenvalue weighted by atomic mass is 19.3. The molecule has 0 spiro atoms. The number of alkyl halides is 2. The van der Waals surface area contributed by atoms with Crippen LogP contribution in [0.25, 0.3) is 0 Å². The number of hydrogen-bond donors (Lipinski definition) is 1. The molecule has 0 aliphatic rings. The number of amides is 1. The lowest BCUT2D eigenvalue weighted by Crippen LogP contribution is -2.40. The number of carbonyl (C=O) groups is 1. The number of aromatic nitrogens is 1. The van der Waals surface area contributed by atoms with E-state index in [0.717, 1.165) is 5.56 Å². The summed E-state index contributed by atoms with van der Waals surface area (Å²) in [7, 11) is 1.54. The van der Waals surface area contributed by atoms with Crippen LogP contribution in [0.5, 0.6) is 0 Å². The zero-order valence-electron chi connectivity index (χ0n) is 12.9. The van der Waals surface area contributed by atoms with E-state index in [2.05, 4.69) is 10.3 Å². The molecule has 1 aromatic heterocycles. The standard InChI is InChI=1S/C17H18F2N2O2/c1-17(23-2,12-7-4-3-5-8-12)11-21-16(22)13-9-6-10-20-14(13)15(18)19/h3-10,15H,11H2,1-2H3,(H,21,22)/t17-/m0/s1. The van der Waals surface area contributed by atoms with Crippen LogP contribution in [0.4, 0.5) is 8.78 Å². The van der Waals surface area contributed by atoms with Crippen molar-refractivity contribution >= 4 is 5.91 Å². The van der Waals surface area contributed by atoms with Gasteiger partial charge in [0.05, 0.1) is 12.1 Å². The monoisotopic (exact) mass is 320 g/mol. The first-order valence-corrected chi connectivity index (χ1v) is 7.10. The molecule has 1 heterocycles. The van der Waals surface area contributed by atoms with Crippen molar-refractivity contribution in [3.05, 3.63) is 65.5 Å². The van der Waals surface area contributed by atoms with Crippen molar-refractivity contribution in [2.45, 2.75) is 19.0 Å². The van der Waals surface area contributed by atoms with E-state index in [-0.39, 0.29) is 12.1 Å². The van der Waals surface area contributed by atoms with Gasteiger partial charge in [-0.05, 0) is 24.6 Å². The molecule has 0 saturated carbocycles. The molecule has 2 rings (SSSR count). The first-order valence-electron chi connectivity index (χ1n) is 7.10. The van der Waals surface area contributed by atoms with E-state index in [4.69, 9.17) is 4.74 Å². The molecule has 1 N–H and O–H groups in total. The van der Waals surface area contributed by atoms with Gasteiger partial charge in [0.1, 0.15) is 11.3 Å². The van der Waals surface area contributed by atoms with Crippen LogP contribution in [0.2, 0.25) is 0 Å². The average Bonchev–Trinajstić information content (AvgIpc) is 2.60. The Morgan fingerprint density at radius 3 is 2.57 bits per heavy atom. The van der Waals surface area contributed by atoms with Gasteiger partial charge < -0.3 is 10.1 Å². The topological polar surface area (TPSA) is 51.2 Å². The van der Waals surface area contributed by atoms with E-state index in [1.54, 1.807) is 0 Å². The van der Waals surface area contributed by atoms with E-state index in [0.29, 0.717) is 0 Å². The minimum Gasteiger partial charge on any atom is -0.372 e. The zero-order valence-corrected chi connectivity index (χ0v) is 12.9. The fourth-order valence-corrected chi connectivity index (χ4v) is 2.21. The van der Waals surface area contributed by atoms with Crippen LogP contribution in [-0.4, -0.2) is 24.5 Å². The van der Waals surface area contributed by atoms with Gasteiger partial charge in [0.2, 0.25) is 0 Å². The molecule has 6 heteroatoms. The number of benzene rings is 1. The lowest BCUT2D eigenvalue weighted by atomic mass is 9.95. The van der Waals surface area contributed by atoms with E-state index >= 15 is 0 Å². The summed E-state index contributed by atoms with van der Waals surface area (Å²) in [5.41, 5.74) is -0.537. The molecule has 0 bridgehead atoms. The Morgan fingerprint density at radius 2 is 1.96 bits per heavy atom. The molecular weight excluding hydrogens is 302 g/mol. The molecule has 4 nitrogen and oxygen atoms in total. The number of carbonyl (C=O) groups excluding carboxylic acids is 1. The highest BCUT2D eigenvalue weighted by Gasteiger charge is 2.28. The maximum Gasteiger partial charge on any atom is 0.281 e. The second-order valence-corrected chi connectivity index (χ2v) is 5.22. The first-order chi connectivity index (χ1) is 11.0. The molecule has 1 atom stereocenters. The van der Waals surface area contributed by atoms with Gasteiger partial charge in [-0.3, -0.25) is 9.78 Å². The number of nitrogens with zero attached hydrogens (tertiary/aromatic N) is 1. The van der Waals surface area contributed by atoms with E-state index in [1.807, 2.05) is 37.3 Å². The van der Waals surface area contributed by atoms with Crippen LogP contribution in [0.15, 0.2) is 48.7 Å². The van der Waals surface area contributed by atoms with Crippen LogP contribution in [-0.2, 0) is 10.3 Å². The Labute approximate surface area is 133 Å². The summed E-state index contributed by atoms with van der Waals surface area (Å²) in [5.74, 6) is -0.604. The maximum absolute atomic E-state index is 12.9. The Bertz CT molecular complexity index is 665. The number of pyridine rings is 1. The Hall–Kier alpha value is -2.34. The molecular formula is C17H18F2N2O2. The minimum absolute atomic E-state index is 0.131. The summed E-state index contributed by atoms with van der Waals surface area (Å²) >= 11 is 0. The molecule has 0 saturated heterocycles. The molecule has 1 aromatic carbocycles. The van der Waals surface area contributed by atoms with Gasteiger partial charge in [0.25, 0.3) is 12.3 Å². The summed E-state index contributed by atoms with van der Waals surface area (Å²) in [6.07, 6.45) is -1.57. The molecule has 23 heavy (non-hydrogen) atoms. The molecule has 0 fully saturated rings. The Kier molecular flexibility index (Phi) is 5.39. The molecule has 122 valence electrons. The lowest BCUT2D eigenvalue weighted by molar-refractivity contribution is 0.00310. The van der Waals surface area contributed by atoms with Crippen molar-refractivity contribution in [3.63, 3.8) is 0 Å². The summed E-state index contributed by atoms with van der Waals surface area (Å²) in [6.45, 7) is 1.96. The van der Waals surface area contributed by atoms with E-state index < -0.39 is 23.6 Å². The van der Waals surface area contributed by atoms with Gasteiger partial charge in [-0.2, -0.15) is 0 Å². The summed E-state index contributed by atoms with van der Waals surface area (Å²) in [6, 6.07) is 12.1. The predicted molar refractivity (Wildman–Crippen MR) is 82.3 cm³/mol. The van der Waals surface area contributed by atoms with Crippen molar-refractivity contribution in [1.82, 2.24) is 10.3 Å². The average molecular weight is 320 g/mol. The van der Waals surface area contributed by atoms with Crippen molar-refractivity contribution in [3.8, 4) is 0 Å². The first kappa shape index (κ1) is 17.0. The normalized spacial score (nSPS) is 13.6. The van der Waals surface area contributed by atoms with Crippen LogP contribution >= 0.6 is 0 Å². The third-order valence-electron chi connectivity index (χ3n) is 3.71. The van der Waals surface area contributed by atoms with Crippen molar-refractivity contribution in [1.29, 1.82) is 0 Å². The van der Waals surface area contributed by atoms with E-state index in [9.17, 15) is 13.6 Å². The summed E-state index contributed by atoms with van der Waals surface area (Å²) in [4.78, 5) is 15.8. The van der Waals surface area contributed by atoms with Crippen molar-refractivity contribution in [2.75, 3.05) is 13.7 Å². The summed E-state index contributed by atoms with van der Waals surface area (Å²) in [5, 5.41) is 2.65. The number of rotatable bonds is 6. The van der Waals surface area contributed by atoms with Gasteiger partial charge >= 0.3 is 0 Å². The molecule has 1 amide bonds. The number of hydrogen-bond acceptors (Lipinski definition) is 3. The summed E-state index contributed by atoms with van der Waals surface area (Å²) < 4.78 is 31.4. The highest BCUT2D eigenvalue weighted by molar-refractivity contribution is 5.95. The second kappa shape index (κ2) is 7.28. The molecule has 0 aliphatic carbocycles. The molecule has 2 aromatic rings. The van der Waals surface area contributed by atoms with Crippen molar-refractivity contribution in [2.24, 2.45) is 0 Å². The molecule has 0 unspecified atom stereocenters. The van der Waals surface area contributed by atoms with Crippen molar-refractivity contribution < 1.29 is 18.3 Å². The smallest absolute Gasteiger partial charge is 0.281 e. The lowest BCUT2D eigenvalue weighted by Gasteiger charge is -2.29. The number of ether oxygens (including phenoxy) is 1. The minimum atomic E-state index is -2.81. The number of nitrogens with one attached hydrogen (secondary N) is 1. The van der Waals surface area contributed by atoms with Crippen LogP contribution in [0, 0.1) is 0 Å². The third kappa shape index (κ3) is 3.90. The zero-order chi connectivity index (χ0) is 16.9. The maximum atomic E-state index is 12.9. The van der Waals surface area contributed by atoms with Crippen LogP contribution in [0.1, 0.15) is 35.0 Å². The number of halogens is 2. The highest BCUT2D eigenvalue weighted by Crippen LogP contribution is 2.24. The SMILES string of the molecule is CO[C@@](C)(CNC(=O)c1cccnc1C(F)F)c1ccccc1. The molecule has 0 radical (unpaired) electrons.